The van der Waals surface area contributed by atoms with Crippen LogP contribution in [-0.2, 0) is 11.0 Å². The van der Waals surface area contributed by atoms with E-state index in [9.17, 15) is 27.6 Å². The summed E-state index contributed by atoms with van der Waals surface area (Å²) in [6.07, 6.45) is -2.55. The summed E-state index contributed by atoms with van der Waals surface area (Å²) < 4.78 is 38.3. The van der Waals surface area contributed by atoms with Crippen molar-refractivity contribution >= 4 is 29.4 Å². The third-order valence-electron chi connectivity index (χ3n) is 5.45. The van der Waals surface area contributed by atoms with Crippen LogP contribution in [0.1, 0.15) is 28.9 Å². The topological polar surface area (TPSA) is 100 Å². The Kier molecular flexibility index (Phi) is 4.92. The number of pyridine rings is 1. The SMILES string of the molecule is O=C1NC(=O)[C@](CNC(=O)c2ccccc2-c2ccc(C(F)(F)F)nc2)(C2(Cl)CC2)N1. The van der Waals surface area contributed by atoms with E-state index in [4.69, 9.17) is 11.6 Å². The number of hydrogen-bond donors (Lipinski definition) is 3. The van der Waals surface area contributed by atoms with Gasteiger partial charge in [-0.15, -0.1) is 11.6 Å². The predicted molar refractivity (Wildman–Crippen MR) is 104 cm³/mol. The molecule has 2 fully saturated rings. The van der Waals surface area contributed by atoms with Crippen LogP contribution in [0.5, 0.6) is 0 Å². The minimum Gasteiger partial charge on any atom is -0.349 e. The van der Waals surface area contributed by atoms with Crippen molar-refractivity contribution in [3.8, 4) is 11.1 Å². The van der Waals surface area contributed by atoms with Gasteiger partial charge < -0.3 is 10.6 Å². The standard InChI is InChI=1S/C20H16ClF3N4O3/c21-18(7-8-18)19(16(30)27-17(31)28-19)10-26-15(29)13-4-2-1-3-12(13)11-5-6-14(25-9-11)20(22,23)24/h1-6,9H,7-8,10H2,(H,26,29)(H2,27,28,30,31)/t19-/m1/s1. The quantitative estimate of drug-likeness (QED) is 0.479. The third-order valence-corrected chi connectivity index (χ3v) is 6.15. The molecule has 1 saturated carbocycles. The number of nitrogens with one attached hydrogen (secondary N) is 3. The smallest absolute Gasteiger partial charge is 0.349 e. The zero-order valence-electron chi connectivity index (χ0n) is 15.8. The van der Waals surface area contributed by atoms with Gasteiger partial charge in [-0.2, -0.15) is 13.2 Å². The number of urea groups is 1. The Morgan fingerprint density at radius 1 is 1.16 bits per heavy atom. The van der Waals surface area contributed by atoms with Crippen molar-refractivity contribution in [2.24, 2.45) is 0 Å². The van der Waals surface area contributed by atoms with Gasteiger partial charge in [0.15, 0.2) is 5.54 Å². The maximum atomic E-state index is 12.9. The second-order valence-corrected chi connectivity index (χ2v) is 8.16. The fraction of sp³-hybridized carbons (Fsp3) is 0.300. The van der Waals surface area contributed by atoms with E-state index in [1.165, 1.54) is 12.1 Å². The van der Waals surface area contributed by atoms with E-state index >= 15 is 0 Å². The highest BCUT2D eigenvalue weighted by Gasteiger charge is 2.66. The number of imide groups is 1. The molecule has 2 aliphatic rings. The number of carbonyl (C=O) groups excluding carboxylic acids is 3. The van der Waals surface area contributed by atoms with E-state index in [2.05, 4.69) is 20.9 Å². The molecule has 1 aliphatic carbocycles. The van der Waals surface area contributed by atoms with E-state index < -0.39 is 40.1 Å². The van der Waals surface area contributed by atoms with Gasteiger partial charge in [0, 0.05) is 17.3 Å². The second kappa shape index (κ2) is 7.23. The maximum Gasteiger partial charge on any atom is 0.433 e. The lowest BCUT2D eigenvalue weighted by Gasteiger charge is -2.31. The molecule has 0 radical (unpaired) electrons. The number of aromatic nitrogens is 1. The van der Waals surface area contributed by atoms with Gasteiger partial charge in [-0.3, -0.25) is 19.9 Å². The van der Waals surface area contributed by atoms with Crippen molar-refractivity contribution in [1.82, 2.24) is 20.9 Å². The van der Waals surface area contributed by atoms with Gasteiger partial charge in [0.1, 0.15) is 5.69 Å². The molecule has 4 amide bonds. The molecule has 1 saturated heterocycles. The van der Waals surface area contributed by atoms with Crippen molar-refractivity contribution in [3.05, 3.63) is 53.9 Å². The molecule has 0 spiro atoms. The number of benzene rings is 1. The van der Waals surface area contributed by atoms with Crippen LogP contribution in [0, 0.1) is 0 Å². The number of hydrogen-bond acceptors (Lipinski definition) is 4. The second-order valence-electron chi connectivity index (χ2n) is 7.44. The van der Waals surface area contributed by atoms with Crippen molar-refractivity contribution in [3.63, 3.8) is 0 Å². The van der Waals surface area contributed by atoms with Crippen molar-refractivity contribution in [1.29, 1.82) is 0 Å². The Labute approximate surface area is 179 Å². The first kappa shape index (κ1) is 21.1. The largest absolute Gasteiger partial charge is 0.433 e. The first-order chi connectivity index (χ1) is 14.6. The Hall–Kier alpha value is -3.14. The summed E-state index contributed by atoms with van der Waals surface area (Å²) in [5.41, 5.74) is -1.67. The summed E-state index contributed by atoms with van der Waals surface area (Å²) in [7, 11) is 0. The lowest BCUT2D eigenvalue weighted by Crippen LogP contribution is -2.62. The highest BCUT2D eigenvalue weighted by molar-refractivity contribution is 6.30. The van der Waals surface area contributed by atoms with E-state index in [1.807, 2.05) is 0 Å². The molecule has 31 heavy (non-hydrogen) atoms. The lowest BCUT2D eigenvalue weighted by molar-refractivity contribution is -0.141. The van der Waals surface area contributed by atoms with E-state index in [1.54, 1.807) is 18.2 Å². The van der Waals surface area contributed by atoms with Gasteiger partial charge in [0.25, 0.3) is 11.8 Å². The Balaban J connectivity index is 1.58. The van der Waals surface area contributed by atoms with Crippen molar-refractivity contribution in [2.45, 2.75) is 29.4 Å². The molecule has 162 valence electrons. The number of rotatable bonds is 5. The minimum absolute atomic E-state index is 0.170. The molecular weight excluding hydrogens is 437 g/mol. The van der Waals surface area contributed by atoms with E-state index in [-0.39, 0.29) is 12.1 Å². The van der Waals surface area contributed by atoms with E-state index in [0.717, 1.165) is 12.3 Å². The fourth-order valence-corrected chi connectivity index (χ4v) is 3.88. The minimum atomic E-state index is -4.57. The predicted octanol–water partition coefficient (Wildman–Crippen LogP) is 2.85. The molecule has 1 aliphatic heterocycles. The Morgan fingerprint density at radius 2 is 1.87 bits per heavy atom. The zero-order chi connectivity index (χ0) is 22.4. The summed E-state index contributed by atoms with van der Waals surface area (Å²) >= 11 is 6.45. The number of alkyl halides is 4. The van der Waals surface area contributed by atoms with Crippen molar-refractivity contribution in [2.75, 3.05) is 6.54 Å². The number of amides is 4. The molecule has 2 aromatic rings. The van der Waals surface area contributed by atoms with Gasteiger partial charge in [-0.25, -0.2) is 4.79 Å². The molecule has 1 atom stereocenters. The average molecular weight is 453 g/mol. The molecular formula is C20H16ClF3N4O3. The van der Waals surface area contributed by atoms with Crippen LogP contribution in [0.25, 0.3) is 11.1 Å². The van der Waals surface area contributed by atoms with Crippen LogP contribution in [0.15, 0.2) is 42.6 Å². The summed E-state index contributed by atoms with van der Waals surface area (Å²) in [6, 6.07) is 7.67. The fourth-order valence-electron chi connectivity index (χ4n) is 3.59. The highest BCUT2D eigenvalue weighted by Crippen LogP contribution is 2.51. The van der Waals surface area contributed by atoms with Crippen LogP contribution in [-0.4, -0.2) is 39.8 Å². The number of halogens is 4. The summed E-state index contributed by atoms with van der Waals surface area (Å²) in [4.78, 5) is 39.4. The average Bonchev–Trinajstić information content (AvgIpc) is 3.41. The molecule has 0 bridgehead atoms. The lowest BCUT2D eigenvalue weighted by atomic mass is 9.92. The summed E-state index contributed by atoms with van der Waals surface area (Å²) in [5.74, 6) is -1.20. The van der Waals surface area contributed by atoms with Crippen molar-refractivity contribution < 1.29 is 27.6 Å². The molecule has 11 heteroatoms. The van der Waals surface area contributed by atoms with Gasteiger partial charge in [-0.1, -0.05) is 24.3 Å². The maximum absolute atomic E-state index is 12.9. The molecule has 7 nitrogen and oxygen atoms in total. The van der Waals surface area contributed by atoms with Crippen LogP contribution in [0.2, 0.25) is 0 Å². The van der Waals surface area contributed by atoms with Crippen LogP contribution < -0.4 is 16.0 Å². The molecule has 1 aromatic carbocycles. The molecule has 3 N–H and O–H groups in total. The Bertz CT molecular complexity index is 1070. The molecule has 0 unspecified atom stereocenters. The van der Waals surface area contributed by atoms with Gasteiger partial charge in [0.2, 0.25) is 0 Å². The van der Waals surface area contributed by atoms with E-state index in [0.29, 0.717) is 24.0 Å². The first-order valence-corrected chi connectivity index (χ1v) is 9.67. The van der Waals surface area contributed by atoms with Crippen LogP contribution in [0.3, 0.4) is 0 Å². The number of nitrogens with zero attached hydrogens (tertiary/aromatic N) is 1. The molecule has 1 aromatic heterocycles. The third kappa shape index (κ3) is 3.71. The van der Waals surface area contributed by atoms with Gasteiger partial charge in [-0.05, 0) is 30.5 Å². The summed E-state index contributed by atoms with van der Waals surface area (Å²) in [5, 5.41) is 7.30. The molecule has 2 heterocycles. The first-order valence-electron chi connectivity index (χ1n) is 9.29. The van der Waals surface area contributed by atoms with Crippen LogP contribution in [0.4, 0.5) is 18.0 Å². The highest BCUT2D eigenvalue weighted by atomic mass is 35.5. The zero-order valence-corrected chi connectivity index (χ0v) is 16.6. The van der Waals surface area contributed by atoms with Gasteiger partial charge >= 0.3 is 12.2 Å². The summed E-state index contributed by atoms with van der Waals surface area (Å²) in [6.45, 7) is -0.244. The van der Waals surface area contributed by atoms with Crippen LogP contribution >= 0.6 is 11.6 Å². The number of carbonyl (C=O) groups is 3. The Morgan fingerprint density at radius 3 is 2.42 bits per heavy atom. The van der Waals surface area contributed by atoms with Gasteiger partial charge in [0.05, 0.1) is 11.4 Å². The normalized spacial score (nSPS) is 21.9. The molecule has 4 rings (SSSR count). The monoisotopic (exact) mass is 452 g/mol.